The molecule has 0 atom stereocenters. The van der Waals surface area contributed by atoms with Crippen LogP contribution in [0.15, 0.2) is 48.5 Å². The first-order valence-electron chi connectivity index (χ1n) is 8.81. The van der Waals surface area contributed by atoms with Crippen molar-refractivity contribution in [3.8, 4) is 5.75 Å². The number of carbonyl (C=O) groups is 2. The first-order chi connectivity index (χ1) is 12.4. The smallest absolute Gasteiger partial charge is 0.259 e. The lowest BCUT2D eigenvalue weighted by Crippen LogP contribution is -2.18. The summed E-state index contributed by atoms with van der Waals surface area (Å²) < 4.78 is 5.74. The van der Waals surface area contributed by atoms with Crippen LogP contribution in [0, 0.1) is 11.8 Å². The standard InChI is InChI=1S/C21H26N2O3/c1-14(2)13-26-19-11-6-5-10-18(19)21(25)23-17-9-7-8-16(12-17)22-20(24)15(3)4/h5-12,14-15H,13H2,1-4H3,(H,22,24)(H,23,25). The minimum absolute atomic E-state index is 0.0686. The maximum atomic E-state index is 12.6. The van der Waals surface area contributed by atoms with E-state index in [2.05, 4.69) is 24.5 Å². The third-order valence-corrected chi connectivity index (χ3v) is 3.62. The lowest BCUT2D eigenvalue weighted by Gasteiger charge is -2.14. The van der Waals surface area contributed by atoms with Crippen LogP contribution in [0.2, 0.25) is 0 Å². The summed E-state index contributed by atoms with van der Waals surface area (Å²) in [6.45, 7) is 8.31. The Balaban J connectivity index is 2.12. The molecule has 0 aliphatic heterocycles. The van der Waals surface area contributed by atoms with E-state index in [1.807, 2.05) is 19.9 Å². The largest absolute Gasteiger partial charge is 0.492 e. The van der Waals surface area contributed by atoms with Crippen molar-refractivity contribution in [1.29, 1.82) is 0 Å². The number of hydrogen-bond acceptors (Lipinski definition) is 3. The molecule has 2 aromatic rings. The summed E-state index contributed by atoms with van der Waals surface area (Å²) >= 11 is 0. The topological polar surface area (TPSA) is 67.4 Å². The van der Waals surface area contributed by atoms with Crippen LogP contribution in [-0.2, 0) is 4.79 Å². The zero-order valence-electron chi connectivity index (χ0n) is 15.7. The minimum atomic E-state index is -0.253. The first kappa shape index (κ1) is 19.5. The molecule has 0 fully saturated rings. The predicted octanol–water partition coefficient (Wildman–Crippen LogP) is 4.57. The van der Waals surface area contributed by atoms with Crippen LogP contribution in [0.25, 0.3) is 0 Å². The number of amides is 2. The van der Waals surface area contributed by atoms with E-state index < -0.39 is 0 Å². The quantitative estimate of drug-likeness (QED) is 0.765. The van der Waals surface area contributed by atoms with Gasteiger partial charge in [-0.25, -0.2) is 0 Å². The Kier molecular flexibility index (Phi) is 6.78. The molecule has 0 spiro atoms. The van der Waals surface area contributed by atoms with Gasteiger partial charge in [-0.1, -0.05) is 45.9 Å². The first-order valence-corrected chi connectivity index (χ1v) is 8.81. The fraction of sp³-hybridized carbons (Fsp3) is 0.333. The van der Waals surface area contributed by atoms with Crippen molar-refractivity contribution in [2.24, 2.45) is 11.8 Å². The fourth-order valence-corrected chi connectivity index (χ4v) is 2.20. The second-order valence-electron chi connectivity index (χ2n) is 6.88. The second-order valence-corrected chi connectivity index (χ2v) is 6.88. The van der Waals surface area contributed by atoms with Gasteiger partial charge in [-0.15, -0.1) is 0 Å². The van der Waals surface area contributed by atoms with Crippen molar-refractivity contribution in [1.82, 2.24) is 0 Å². The van der Waals surface area contributed by atoms with Gasteiger partial charge in [0, 0.05) is 17.3 Å². The van der Waals surface area contributed by atoms with Gasteiger partial charge in [0.2, 0.25) is 5.91 Å². The molecule has 0 radical (unpaired) electrons. The van der Waals surface area contributed by atoms with Crippen molar-refractivity contribution < 1.29 is 14.3 Å². The van der Waals surface area contributed by atoms with E-state index in [4.69, 9.17) is 4.74 Å². The highest BCUT2D eigenvalue weighted by molar-refractivity contribution is 6.06. The van der Waals surface area contributed by atoms with Crippen molar-refractivity contribution in [2.75, 3.05) is 17.2 Å². The van der Waals surface area contributed by atoms with E-state index in [1.54, 1.807) is 42.5 Å². The monoisotopic (exact) mass is 354 g/mol. The van der Waals surface area contributed by atoms with Crippen molar-refractivity contribution in [2.45, 2.75) is 27.7 Å². The molecule has 0 bridgehead atoms. The summed E-state index contributed by atoms with van der Waals surface area (Å²) in [6, 6.07) is 14.2. The highest BCUT2D eigenvalue weighted by Gasteiger charge is 2.13. The summed E-state index contributed by atoms with van der Waals surface area (Å²) in [5.41, 5.74) is 1.73. The molecule has 0 heterocycles. The SMILES string of the molecule is CC(C)COc1ccccc1C(=O)Nc1cccc(NC(=O)C(C)C)c1. The molecule has 5 nitrogen and oxygen atoms in total. The molecule has 138 valence electrons. The molecular weight excluding hydrogens is 328 g/mol. The van der Waals surface area contributed by atoms with Crippen LogP contribution < -0.4 is 15.4 Å². The Morgan fingerprint density at radius 2 is 1.58 bits per heavy atom. The molecule has 2 N–H and O–H groups in total. The third-order valence-electron chi connectivity index (χ3n) is 3.62. The molecule has 26 heavy (non-hydrogen) atoms. The molecule has 2 rings (SSSR count). The molecular formula is C21H26N2O3. The molecule has 0 aliphatic carbocycles. The molecule has 2 aromatic carbocycles. The van der Waals surface area contributed by atoms with Gasteiger partial charge in [-0.05, 0) is 36.2 Å². The Morgan fingerprint density at radius 3 is 2.23 bits per heavy atom. The van der Waals surface area contributed by atoms with E-state index in [0.717, 1.165) is 0 Å². The van der Waals surface area contributed by atoms with Crippen molar-refractivity contribution >= 4 is 23.2 Å². The van der Waals surface area contributed by atoms with Gasteiger partial charge in [0.15, 0.2) is 0 Å². The Labute approximate surface area is 154 Å². The summed E-state index contributed by atoms with van der Waals surface area (Å²) in [5.74, 6) is 0.492. The number of benzene rings is 2. The van der Waals surface area contributed by atoms with Gasteiger partial charge in [-0.2, -0.15) is 0 Å². The number of anilines is 2. The molecule has 2 amide bonds. The Morgan fingerprint density at radius 1 is 0.923 bits per heavy atom. The fourth-order valence-electron chi connectivity index (χ4n) is 2.20. The van der Waals surface area contributed by atoms with E-state index in [9.17, 15) is 9.59 Å². The van der Waals surface area contributed by atoms with Gasteiger partial charge in [-0.3, -0.25) is 9.59 Å². The molecule has 0 saturated heterocycles. The maximum absolute atomic E-state index is 12.6. The number of nitrogens with one attached hydrogen (secondary N) is 2. The highest BCUT2D eigenvalue weighted by Crippen LogP contribution is 2.22. The van der Waals surface area contributed by atoms with Crippen LogP contribution >= 0.6 is 0 Å². The zero-order chi connectivity index (χ0) is 19.1. The molecule has 5 heteroatoms. The normalized spacial score (nSPS) is 10.7. The van der Waals surface area contributed by atoms with E-state index in [-0.39, 0.29) is 17.7 Å². The van der Waals surface area contributed by atoms with Gasteiger partial charge in [0.05, 0.1) is 12.2 Å². The lowest BCUT2D eigenvalue weighted by atomic mass is 10.1. The average molecular weight is 354 g/mol. The van der Waals surface area contributed by atoms with Crippen LogP contribution in [-0.4, -0.2) is 18.4 Å². The number of hydrogen-bond donors (Lipinski definition) is 2. The van der Waals surface area contributed by atoms with Crippen LogP contribution in [0.3, 0.4) is 0 Å². The summed E-state index contributed by atoms with van der Waals surface area (Å²) in [5, 5.41) is 5.68. The molecule has 0 saturated carbocycles. The van der Waals surface area contributed by atoms with Gasteiger partial charge in [0.1, 0.15) is 5.75 Å². The Hall–Kier alpha value is -2.82. The third kappa shape index (κ3) is 5.62. The lowest BCUT2D eigenvalue weighted by molar-refractivity contribution is -0.118. The minimum Gasteiger partial charge on any atom is -0.492 e. The number of rotatable bonds is 7. The van der Waals surface area contributed by atoms with E-state index >= 15 is 0 Å². The molecule has 0 unspecified atom stereocenters. The summed E-state index contributed by atoms with van der Waals surface area (Å²) in [4.78, 5) is 24.5. The zero-order valence-corrected chi connectivity index (χ0v) is 15.7. The van der Waals surface area contributed by atoms with Crippen LogP contribution in [0.1, 0.15) is 38.1 Å². The summed E-state index contributed by atoms with van der Waals surface area (Å²) in [6.07, 6.45) is 0. The highest BCUT2D eigenvalue weighted by atomic mass is 16.5. The van der Waals surface area contributed by atoms with Crippen molar-refractivity contribution in [3.63, 3.8) is 0 Å². The number of ether oxygens (including phenoxy) is 1. The van der Waals surface area contributed by atoms with Crippen LogP contribution in [0.5, 0.6) is 5.75 Å². The maximum Gasteiger partial charge on any atom is 0.259 e. The predicted molar refractivity (Wildman–Crippen MR) is 105 cm³/mol. The van der Waals surface area contributed by atoms with Gasteiger partial charge in [0.25, 0.3) is 5.91 Å². The number of para-hydroxylation sites is 1. The Bertz CT molecular complexity index is 769. The van der Waals surface area contributed by atoms with Gasteiger partial charge < -0.3 is 15.4 Å². The second kappa shape index (κ2) is 9.04. The molecule has 0 aliphatic rings. The van der Waals surface area contributed by atoms with E-state index in [1.165, 1.54) is 0 Å². The molecule has 0 aromatic heterocycles. The number of carbonyl (C=O) groups excluding carboxylic acids is 2. The van der Waals surface area contributed by atoms with E-state index in [0.29, 0.717) is 35.2 Å². The van der Waals surface area contributed by atoms with Gasteiger partial charge >= 0.3 is 0 Å². The summed E-state index contributed by atoms with van der Waals surface area (Å²) in [7, 11) is 0. The van der Waals surface area contributed by atoms with Crippen LogP contribution in [0.4, 0.5) is 11.4 Å². The average Bonchev–Trinajstić information content (AvgIpc) is 2.60. The van der Waals surface area contributed by atoms with Crippen molar-refractivity contribution in [3.05, 3.63) is 54.1 Å².